The molecule has 6 heteroatoms. The van der Waals surface area contributed by atoms with Gasteiger partial charge in [0.1, 0.15) is 24.4 Å². The van der Waals surface area contributed by atoms with Gasteiger partial charge in [-0.1, -0.05) is 0 Å². The van der Waals surface area contributed by atoms with Gasteiger partial charge in [0.25, 0.3) is 0 Å². The number of rotatable bonds is 0. The third kappa shape index (κ3) is 1.33. The molecular weight excluding hydrogens is 204 g/mol. The van der Waals surface area contributed by atoms with Gasteiger partial charge in [-0.2, -0.15) is 0 Å². The quantitative estimate of drug-likeness (QED) is 0.539. The number of ether oxygens (including phenoxy) is 4. The van der Waals surface area contributed by atoms with Gasteiger partial charge < -0.3 is 29.2 Å². The maximum Gasteiger partial charge on any atom is 0.190 e. The Bertz CT molecular complexity index is 280. The van der Waals surface area contributed by atoms with Crippen molar-refractivity contribution >= 4 is 0 Å². The monoisotopic (exact) mass is 218 g/mol. The lowest BCUT2D eigenvalue weighted by Gasteiger charge is -2.21. The van der Waals surface area contributed by atoms with E-state index in [4.69, 9.17) is 18.9 Å². The van der Waals surface area contributed by atoms with Crippen LogP contribution >= 0.6 is 0 Å². The Balaban J connectivity index is 1.80. The van der Waals surface area contributed by atoms with Crippen LogP contribution in [0.2, 0.25) is 0 Å². The molecular formula is C9H14O6. The van der Waals surface area contributed by atoms with Crippen LogP contribution in [0.3, 0.4) is 0 Å². The Kier molecular flexibility index (Phi) is 1.93. The van der Waals surface area contributed by atoms with Crippen molar-refractivity contribution in [1.29, 1.82) is 0 Å². The van der Waals surface area contributed by atoms with Gasteiger partial charge in [0.05, 0.1) is 0 Å². The average Bonchev–Trinajstić information content (AvgIpc) is 2.66. The fourth-order valence-corrected chi connectivity index (χ4v) is 2.34. The molecule has 15 heavy (non-hydrogen) atoms. The third-order valence-corrected chi connectivity index (χ3v) is 2.95. The first-order valence-electron chi connectivity index (χ1n) is 5.01. The molecule has 6 atom stereocenters. The Morgan fingerprint density at radius 2 is 1.67 bits per heavy atom. The summed E-state index contributed by atoms with van der Waals surface area (Å²) in [7, 11) is 0. The van der Waals surface area contributed by atoms with E-state index in [0.717, 1.165) is 0 Å². The fraction of sp³-hybridized carbons (Fsp3) is 1.00. The number of hydrogen-bond acceptors (Lipinski definition) is 6. The molecule has 3 saturated heterocycles. The minimum absolute atomic E-state index is 0.378. The Morgan fingerprint density at radius 1 is 0.933 bits per heavy atom. The molecule has 0 amide bonds. The maximum atomic E-state index is 9.54. The largest absolute Gasteiger partial charge is 0.385 e. The molecule has 2 N–H and O–H groups in total. The van der Waals surface area contributed by atoms with E-state index in [0.29, 0.717) is 0 Å². The highest BCUT2D eigenvalue weighted by molar-refractivity contribution is 5.01. The van der Waals surface area contributed by atoms with Gasteiger partial charge in [-0.15, -0.1) is 0 Å². The Hall–Kier alpha value is -0.240. The number of aliphatic hydroxyl groups is 2. The van der Waals surface area contributed by atoms with Gasteiger partial charge in [0.2, 0.25) is 0 Å². The second-order valence-corrected chi connectivity index (χ2v) is 4.55. The molecule has 0 saturated carbocycles. The van der Waals surface area contributed by atoms with Crippen LogP contribution in [-0.2, 0) is 18.9 Å². The van der Waals surface area contributed by atoms with Crippen molar-refractivity contribution in [2.45, 2.75) is 56.6 Å². The minimum Gasteiger partial charge on any atom is -0.385 e. The molecule has 86 valence electrons. The van der Waals surface area contributed by atoms with Crippen molar-refractivity contribution < 1.29 is 29.2 Å². The highest BCUT2D eigenvalue weighted by Crippen LogP contribution is 2.42. The zero-order chi connectivity index (χ0) is 10.8. The summed E-state index contributed by atoms with van der Waals surface area (Å²) < 4.78 is 21.7. The van der Waals surface area contributed by atoms with Gasteiger partial charge in [-0.25, -0.2) is 0 Å². The molecule has 0 spiro atoms. The summed E-state index contributed by atoms with van der Waals surface area (Å²) in [6.45, 7) is 3.57. The summed E-state index contributed by atoms with van der Waals surface area (Å²) in [6, 6.07) is 0. The molecule has 0 aromatic carbocycles. The summed E-state index contributed by atoms with van der Waals surface area (Å²) >= 11 is 0. The van der Waals surface area contributed by atoms with Crippen LogP contribution in [0.1, 0.15) is 13.8 Å². The van der Waals surface area contributed by atoms with Crippen LogP contribution < -0.4 is 0 Å². The van der Waals surface area contributed by atoms with Crippen LogP contribution in [-0.4, -0.2) is 53.0 Å². The summed E-state index contributed by atoms with van der Waals surface area (Å²) in [5.74, 6) is -0.706. The van der Waals surface area contributed by atoms with Gasteiger partial charge in [0, 0.05) is 0 Å². The average molecular weight is 218 g/mol. The number of aliphatic hydroxyl groups excluding tert-OH is 2. The van der Waals surface area contributed by atoms with E-state index in [2.05, 4.69) is 0 Å². The van der Waals surface area contributed by atoms with Gasteiger partial charge in [-0.05, 0) is 13.8 Å². The normalized spacial score (nSPS) is 56.8. The van der Waals surface area contributed by atoms with E-state index in [9.17, 15) is 10.2 Å². The molecule has 0 radical (unpaired) electrons. The highest BCUT2D eigenvalue weighted by atomic mass is 16.9. The van der Waals surface area contributed by atoms with Crippen molar-refractivity contribution in [3.05, 3.63) is 0 Å². The van der Waals surface area contributed by atoms with E-state index in [1.54, 1.807) is 13.8 Å². The van der Waals surface area contributed by atoms with Crippen molar-refractivity contribution in [2.75, 3.05) is 0 Å². The van der Waals surface area contributed by atoms with Gasteiger partial charge in [0.15, 0.2) is 18.4 Å². The minimum atomic E-state index is -1.20. The summed E-state index contributed by atoms with van der Waals surface area (Å²) in [4.78, 5) is 0. The van der Waals surface area contributed by atoms with Gasteiger partial charge in [-0.3, -0.25) is 0 Å². The van der Waals surface area contributed by atoms with Gasteiger partial charge >= 0.3 is 0 Å². The lowest BCUT2D eigenvalue weighted by Crippen LogP contribution is -2.35. The molecule has 0 aromatic rings. The lowest BCUT2D eigenvalue weighted by molar-refractivity contribution is -0.214. The third-order valence-electron chi connectivity index (χ3n) is 2.95. The first-order valence-corrected chi connectivity index (χ1v) is 5.01. The molecule has 0 bridgehead atoms. The van der Waals surface area contributed by atoms with Crippen LogP contribution in [0.25, 0.3) is 0 Å². The zero-order valence-electron chi connectivity index (χ0n) is 8.49. The molecule has 3 aliphatic heterocycles. The lowest BCUT2D eigenvalue weighted by atomic mass is 10.1. The van der Waals surface area contributed by atoms with Crippen molar-refractivity contribution in [1.82, 2.24) is 0 Å². The molecule has 0 aliphatic carbocycles. The predicted octanol–water partition coefficient (Wildman–Crippen LogP) is -1.06. The number of fused-ring (bicyclic) bond motifs is 3. The van der Waals surface area contributed by atoms with E-state index < -0.39 is 36.7 Å². The molecule has 6 nitrogen and oxygen atoms in total. The van der Waals surface area contributed by atoms with Crippen molar-refractivity contribution in [3.63, 3.8) is 0 Å². The molecule has 3 rings (SSSR count). The summed E-state index contributed by atoms with van der Waals surface area (Å²) in [5.41, 5.74) is 0. The molecule has 0 aromatic heterocycles. The Labute approximate surface area is 86.7 Å². The maximum absolute atomic E-state index is 9.54. The fourth-order valence-electron chi connectivity index (χ4n) is 2.34. The van der Waals surface area contributed by atoms with E-state index in [-0.39, 0.29) is 6.10 Å². The zero-order valence-corrected chi connectivity index (χ0v) is 8.49. The summed E-state index contributed by atoms with van der Waals surface area (Å²) in [5, 5.41) is 18.8. The molecule has 3 aliphatic rings. The van der Waals surface area contributed by atoms with E-state index in [1.165, 1.54) is 0 Å². The second kappa shape index (κ2) is 2.91. The van der Waals surface area contributed by atoms with E-state index >= 15 is 0 Å². The molecule has 3 heterocycles. The second-order valence-electron chi connectivity index (χ2n) is 4.55. The predicted molar refractivity (Wildman–Crippen MR) is 45.6 cm³/mol. The Morgan fingerprint density at radius 3 is 2.40 bits per heavy atom. The number of hydrogen-bond donors (Lipinski definition) is 2. The van der Waals surface area contributed by atoms with Crippen LogP contribution in [0.5, 0.6) is 0 Å². The first kappa shape index (κ1) is 9.95. The summed E-state index contributed by atoms with van der Waals surface area (Å²) in [6.07, 6.45) is -4.15. The van der Waals surface area contributed by atoms with E-state index in [1.807, 2.05) is 0 Å². The standard InChI is InChI=1S/C9H14O6/c1-9(2)14-6-5-4(13-8(6)15-9)3(10)7(11)12-5/h3-8,10-11H,1-2H3/t3-,4+,5-,6+,7-,8+/m1/s1. The van der Waals surface area contributed by atoms with Crippen LogP contribution in [0.15, 0.2) is 0 Å². The van der Waals surface area contributed by atoms with Crippen molar-refractivity contribution in [2.24, 2.45) is 0 Å². The molecule has 0 unspecified atom stereocenters. The van der Waals surface area contributed by atoms with Crippen molar-refractivity contribution in [3.8, 4) is 0 Å². The first-order chi connectivity index (χ1) is 6.98. The van der Waals surface area contributed by atoms with Crippen LogP contribution in [0, 0.1) is 0 Å². The molecule has 3 fully saturated rings. The topological polar surface area (TPSA) is 77.4 Å². The SMILES string of the molecule is CC1(C)O[C@@H]2O[C@H]3[C@@H](O)[C@H](O)O[C@H]3[C@@H]2O1. The highest BCUT2D eigenvalue weighted by Gasteiger charge is 2.61. The van der Waals surface area contributed by atoms with Crippen LogP contribution in [0.4, 0.5) is 0 Å². The smallest absolute Gasteiger partial charge is 0.190 e.